The highest BCUT2D eigenvalue weighted by Crippen LogP contribution is 2.25. The van der Waals surface area contributed by atoms with Crippen molar-refractivity contribution in [2.75, 3.05) is 19.7 Å². The molecule has 1 fully saturated rings. The van der Waals surface area contributed by atoms with Crippen molar-refractivity contribution in [2.45, 2.75) is 45.1 Å². The van der Waals surface area contributed by atoms with E-state index in [1.165, 1.54) is 31.2 Å². The standard InChI is InChI=1S/C15H25NOS/c1-13-3-2-4-15(11-13)17-9-8-16-7-5-14-6-10-18-12-14/h6,10,12-13,15-16H,2-5,7-9,11H2,1H3. The van der Waals surface area contributed by atoms with Crippen LogP contribution in [0.25, 0.3) is 0 Å². The minimum atomic E-state index is 0.521. The molecule has 0 aliphatic heterocycles. The smallest absolute Gasteiger partial charge is 0.0594 e. The van der Waals surface area contributed by atoms with E-state index in [0.29, 0.717) is 6.10 Å². The molecular formula is C15H25NOS. The molecule has 0 bridgehead atoms. The first-order valence-corrected chi connectivity index (χ1v) is 8.12. The molecule has 1 aliphatic carbocycles. The summed E-state index contributed by atoms with van der Waals surface area (Å²) in [6.07, 6.45) is 6.90. The number of hydrogen-bond acceptors (Lipinski definition) is 3. The molecule has 102 valence electrons. The van der Waals surface area contributed by atoms with Crippen LogP contribution in [0.3, 0.4) is 0 Å². The minimum Gasteiger partial charge on any atom is -0.377 e. The van der Waals surface area contributed by atoms with E-state index in [2.05, 4.69) is 29.1 Å². The van der Waals surface area contributed by atoms with Gasteiger partial charge in [-0.25, -0.2) is 0 Å². The Morgan fingerprint density at radius 1 is 1.39 bits per heavy atom. The van der Waals surface area contributed by atoms with Gasteiger partial charge in [-0.2, -0.15) is 11.3 Å². The third kappa shape index (κ3) is 5.09. The van der Waals surface area contributed by atoms with Crippen molar-refractivity contribution in [3.8, 4) is 0 Å². The minimum absolute atomic E-state index is 0.521. The van der Waals surface area contributed by atoms with Crippen molar-refractivity contribution in [2.24, 2.45) is 5.92 Å². The number of rotatable bonds is 7. The largest absolute Gasteiger partial charge is 0.377 e. The fourth-order valence-corrected chi connectivity index (χ4v) is 3.32. The monoisotopic (exact) mass is 267 g/mol. The van der Waals surface area contributed by atoms with E-state index < -0.39 is 0 Å². The maximum absolute atomic E-state index is 5.93. The fourth-order valence-electron chi connectivity index (χ4n) is 2.62. The van der Waals surface area contributed by atoms with Crippen LogP contribution in [0.15, 0.2) is 16.8 Å². The molecule has 0 amide bonds. The summed E-state index contributed by atoms with van der Waals surface area (Å²) in [5.74, 6) is 0.857. The highest BCUT2D eigenvalue weighted by atomic mass is 32.1. The van der Waals surface area contributed by atoms with E-state index in [-0.39, 0.29) is 0 Å². The quantitative estimate of drug-likeness (QED) is 0.764. The first-order chi connectivity index (χ1) is 8.84. The molecule has 18 heavy (non-hydrogen) atoms. The van der Waals surface area contributed by atoms with Crippen molar-refractivity contribution in [3.05, 3.63) is 22.4 Å². The van der Waals surface area contributed by atoms with E-state index in [1.807, 2.05) is 0 Å². The normalized spacial score (nSPS) is 24.3. The molecule has 2 unspecified atom stereocenters. The first-order valence-electron chi connectivity index (χ1n) is 7.18. The lowest BCUT2D eigenvalue weighted by Gasteiger charge is -2.26. The lowest BCUT2D eigenvalue weighted by Crippen LogP contribution is -2.27. The first kappa shape index (κ1) is 14.0. The van der Waals surface area contributed by atoms with Gasteiger partial charge >= 0.3 is 0 Å². The van der Waals surface area contributed by atoms with Gasteiger partial charge in [-0.1, -0.05) is 19.8 Å². The molecule has 2 nitrogen and oxygen atoms in total. The summed E-state index contributed by atoms with van der Waals surface area (Å²) in [6.45, 7) is 5.24. The molecule has 0 radical (unpaired) electrons. The Morgan fingerprint density at radius 2 is 2.33 bits per heavy atom. The highest BCUT2D eigenvalue weighted by Gasteiger charge is 2.18. The van der Waals surface area contributed by atoms with Crippen LogP contribution in [0.4, 0.5) is 0 Å². The molecule has 1 aromatic heterocycles. The molecule has 0 spiro atoms. The lowest BCUT2D eigenvalue weighted by molar-refractivity contribution is 0.0175. The van der Waals surface area contributed by atoms with Crippen LogP contribution >= 0.6 is 11.3 Å². The second-order valence-corrected chi connectivity index (χ2v) is 6.18. The molecule has 1 N–H and O–H groups in total. The van der Waals surface area contributed by atoms with E-state index in [9.17, 15) is 0 Å². The van der Waals surface area contributed by atoms with E-state index in [0.717, 1.165) is 32.0 Å². The molecule has 3 heteroatoms. The van der Waals surface area contributed by atoms with Gasteiger partial charge in [-0.3, -0.25) is 0 Å². The SMILES string of the molecule is CC1CCCC(OCCNCCc2ccsc2)C1. The van der Waals surface area contributed by atoms with E-state index in [4.69, 9.17) is 4.74 Å². The second-order valence-electron chi connectivity index (χ2n) is 5.40. The number of nitrogens with one attached hydrogen (secondary N) is 1. The predicted octanol–water partition coefficient (Wildman–Crippen LogP) is 3.48. The Kier molecular flexibility index (Phi) is 6.18. The Bertz CT molecular complexity index is 312. The van der Waals surface area contributed by atoms with Crippen molar-refractivity contribution in [1.82, 2.24) is 5.32 Å². The van der Waals surface area contributed by atoms with Gasteiger partial charge in [0.1, 0.15) is 0 Å². The number of thiophene rings is 1. The molecule has 1 aromatic rings. The highest BCUT2D eigenvalue weighted by molar-refractivity contribution is 7.07. The zero-order valence-corrected chi connectivity index (χ0v) is 12.2. The Hall–Kier alpha value is -0.380. The van der Waals surface area contributed by atoms with Gasteiger partial charge in [0.2, 0.25) is 0 Å². The van der Waals surface area contributed by atoms with Crippen LogP contribution in [0.5, 0.6) is 0 Å². The van der Waals surface area contributed by atoms with Gasteiger partial charge in [0.15, 0.2) is 0 Å². The summed E-state index contributed by atoms with van der Waals surface area (Å²) in [5, 5.41) is 7.82. The van der Waals surface area contributed by atoms with Crippen molar-refractivity contribution in [1.29, 1.82) is 0 Å². The van der Waals surface area contributed by atoms with Crippen molar-refractivity contribution < 1.29 is 4.74 Å². The van der Waals surface area contributed by atoms with Crippen LogP contribution in [0.1, 0.15) is 38.2 Å². The molecular weight excluding hydrogens is 242 g/mol. The number of hydrogen-bond donors (Lipinski definition) is 1. The number of ether oxygens (including phenoxy) is 1. The molecule has 2 rings (SSSR count). The van der Waals surface area contributed by atoms with Crippen molar-refractivity contribution >= 4 is 11.3 Å². The molecule has 1 saturated carbocycles. The van der Waals surface area contributed by atoms with Gasteiger partial charge in [0.05, 0.1) is 12.7 Å². The summed E-state index contributed by atoms with van der Waals surface area (Å²) in [4.78, 5) is 0. The molecule has 0 aromatic carbocycles. The topological polar surface area (TPSA) is 21.3 Å². The zero-order chi connectivity index (χ0) is 12.6. The molecule has 1 aliphatic rings. The summed E-state index contributed by atoms with van der Waals surface area (Å²) >= 11 is 1.77. The maximum atomic E-state index is 5.93. The second kappa shape index (κ2) is 7.93. The van der Waals surface area contributed by atoms with Gasteiger partial charge in [-0.15, -0.1) is 0 Å². The maximum Gasteiger partial charge on any atom is 0.0594 e. The van der Waals surface area contributed by atoms with Crippen LogP contribution in [-0.4, -0.2) is 25.8 Å². The Morgan fingerprint density at radius 3 is 3.11 bits per heavy atom. The van der Waals surface area contributed by atoms with Gasteiger partial charge in [0.25, 0.3) is 0 Å². The summed E-state index contributed by atoms with van der Waals surface area (Å²) < 4.78 is 5.93. The molecule has 1 heterocycles. The van der Waals surface area contributed by atoms with Gasteiger partial charge in [-0.05, 0) is 54.1 Å². The summed E-state index contributed by atoms with van der Waals surface area (Å²) in [5.41, 5.74) is 1.44. The third-order valence-corrected chi connectivity index (χ3v) is 4.42. The van der Waals surface area contributed by atoms with Crippen LogP contribution < -0.4 is 5.32 Å². The summed E-state index contributed by atoms with van der Waals surface area (Å²) in [6, 6.07) is 2.20. The van der Waals surface area contributed by atoms with Crippen LogP contribution in [0, 0.1) is 5.92 Å². The van der Waals surface area contributed by atoms with Gasteiger partial charge in [0, 0.05) is 6.54 Å². The summed E-state index contributed by atoms with van der Waals surface area (Å²) in [7, 11) is 0. The van der Waals surface area contributed by atoms with Crippen molar-refractivity contribution in [3.63, 3.8) is 0 Å². The van der Waals surface area contributed by atoms with E-state index >= 15 is 0 Å². The van der Waals surface area contributed by atoms with Crippen LogP contribution in [-0.2, 0) is 11.2 Å². The third-order valence-electron chi connectivity index (χ3n) is 3.69. The lowest BCUT2D eigenvalue weighted by atomic mass is 9.89. The molecule has 2 atom stereocenters. The Labute approximate surface area is 115 Å². The van der Waals surface area contributed by atoms with E-state index in [1.54, 1.807) is 11.3 Å². The van der Waals surface area contributed by atoms with Crippen LogP contribution in [0.2, 0.25) is 0 Å². The van der Waals surface area contributed by atoms with Gasteiger partial charge < -0.3 is 10.1 Å². The average molecular weight is 267 g/mol. The molecule has 0 saturated heterocycles. The average Bonchev–Trinajstić information content (AvgIpc) is 2.87. The Balaban J connectivity index is 1.46. The fraction of sp³-hybridized carbons (Fsp3) is 0.733. The predicted molar refractivity (Wildman–Crippen MR) is 78.3 cm³/mol. The zero-order valence-electron chi connectivity index (χ0n) is 11.4.